The lowest BCUT2D eigenvalue weighted by molar-refractivity contribution is 0.239. The van der Waals surface area contributed by atoms with Crippen molar-refractivity contribution in [1.29, 1.82) is 0 Å². The fourth-order valence-corrected chi connectivity index (χ4v) is 3.49. The van der Waals surface area contributed by atoms with E-state index >= 15 is 0 Å². The normalized spacial score (nSPS) is 17.2. The van der Waals surface area contributed by atoms with Gasteiger partial charge in [-0.05, 0) is 56.7 Å². The Balaban J connectivity index is 1.28. The first kappa shape index (κ1) is 20.0. The molecule has 2 amide bonds. The first-order chi connectivity index (χ1) is 14.0. The molecule has 0 radical (unpaired) electrons. The van der Waals surface area contributed by atoms with Crippen LogP contribution < -0.4 is 20.1 Å². The number of carbonyl (C=O) groups is 1. The highest BCUT2D eigenvalue weighted by molar-refractivity contribution is 7.14. The highest BCUT2D eigenvalue weighted by Crippen LogP contribution is 2.35. The SMILES string of the molecule is C[C@@H](/C=C/c1cnc(Oc2ccc(OCC3CC3)cc2Cl)s1)NC(=O)NC1CC1. The maximum absolute atomic E-state index is 11.7. The van der Waals surface area contributed by atoms with E-state index < -0.39 is 0 Å². The van der Waals surface area contributed by atoms with Crippen molar-refractivity contribution in [2.75, 3.05) is 6.61 Å². The molecule has 2 aliphatic carbocycles. The van der Waals surface area contributed by atoms with Gasteiger partial charge in [0.25, 0.3) is 5.19 Å². The summed E-state index contributed by atoms with van der Waals surface area (Å²) in [5, 5.41) is 6.79. The number of nitrogens with one attached hydrogen (secondary N) is 2. The summed E-state index contributed by atoms with van der Waals surface area (Å²) < 4.78 is 11.5. The fourth-order valence-electron chi connectivity index (χ4n) is 2.59. The number of hydrogen-bond acceptors (Lipinski definition) is 5. The minimum absolute atomic E-state index is 0.0853. The number of ether oxygens (including phenoxy) is 2. The Kier molecular flexibility index (Phi) is 6.25. The number of carbonyl (C=O) groups excluding carboxylic acids is 1. The molecule has 2 saturated carbocycles. The molecule has 1 aromatic carbocycles. The van der Waals surface area contributed by atoms with Crippen LogP contribution in [-0.4, -0.2) is 29.7 Å². The van der Waals surface area contributed by atoms with Crippen molar-refractivity contribution in [1.82, 2.24) is 15.6 Å². The van der Waals surface area contributed by atoms with E-state index in [0.717, 1.165) is 30.1 Å². The Morgan fingerprint density at radius 1 is 1.38 bits per heavy atom. The lowest BCUT2D eigenvalue weighted by atomic mass is 10.3. The number of rotatable bonds is 9. The average molecular weight is 434 g/mol. The first-order valence-electron chi connectivity index (χ1n) is 9.86. The van der Waals surface area contributed by atoms with Crippen LogP contribution in [0.15, 0.2) is 30.5 Å². The van der Waals surface area contributed by atoms with Crippen LogP contribution >= 0.6 is 22.9 Å². The number of halogens is 1. The Hall–Kier alpha value is -2.25. The average Bonchev–Trinajstić information content (AvgIpc) is 3.61. The summed E-state index contributed by atoms with van der Waals surface area (Å²) >= 11 is 7.73. The molecule has 0 unspecified atom stereocenters. The number of aromatic nitrogens is 1. The molecule has 0 spiro atoms. The zero-order valence-electron chi connectivity index (χ0n) is 16.2. The predicted octanol–water partition coefficient (Wildman–Crippen LogP) is 5.24. The van der Waals surface area contributed by atoms with Crippen molar-refractivity contribution in [2.45, 2.75) is 44.7 Å². The fraction of sp³-hybridized carbons (Fsp3) is 0.429. The minimum atomic E-state index is -0.128. The number of urea groups is 1. The van der Waals surface area contributed by atoms with Crippen molar-refractivity contribution in [2.24, 2.45) is 5.92 Å². The second-order valence-electron chi connectivity index (χ2n) is 7.52. The molecule has 0 bridgehead atoms. The van der Waals surface area contributed by atoms with Gasteiger partial charge < -0.3 is 20.1 Å². The molecular formula is C21H24ClN3O3S. The quantitative estimate of drug-likeness (QED) is 0.567. The van der Waals surface area contributed by atoms with Crippen molar-refractivity contribution in [3.8, 4) is 16.7 Å². The molecule has 2 aromatic rings. The largest absolute Gasteiger partial charge is 0.493 e. The Labute approximate surface area is 179 Å². The number of amides is 2. The van der Waals surface area contributed by atoms with Gasteiger partial charge in [-0.15, -0.1) is 0 Å². The Bertz CT molecular complexity index is 893. The molecule has 154 valence electrons. The van der Waals surface area contributed by atoms with Crippen LogP contribution in [0.3, 0.4) is 0 Å². The van der Waals surface area contributed by atoms with Gasteiger partial charge in [-0.2, -0.15) is 0 Å². The number of hydrogen-bond donors (Lipinski definition) is 2. The molecule has 1 atom stereocenters. The highest BCUT2D eigenvalue weighted by atomic mass is 35.5. The van der Waals surface area contributed by atoms with Gasteiger partial charge in [0, 0.05) is 24.3 Å². The summed E-state index contributed by atoms with van der Waals surface area (Å²) in [5.74, 6) is 1.99. The molecule has 8 heteroatoms. The summed E-state index contributed by atoms with van der Waals surface area (Å²) in [6, 6.07) is 5.56. The minimum Gasteiger partial charge on any atom is -0.493 e. The number of benzene rings is 1. The van der Waals surface area contributed by atoms with Gasteiger partial charge in [0.2, 0.25) is 0 Å². The van der Waals surface area contributed by atoms with E-state index in [4.69, 9.17) is 21.1 Å². The third kappa shape index (κ3) is 6.37. The number of thiazole rings is 1. The van der Waals surface area contributed by atoms with E-state index in [2.05, 4.69) is 15.6 Å². The Morgan fingerprint density at radius 3 is 2.93 bits per heavy atom. The molecule has 1 heterocycles. The van der Waals surface area contributed by atoms with Crippen molar-refractivity contribution in [3.63, 3.8) is 0 Å². The van der Waals surface area contributed by atoms with Crippen molar-refractivity contribution < 1.29 is 14.3 Å². The maximum Gasteiger partial charge on any atom is 0.315 e. The van der Waals surface area contributed by atoms with E-state index in [-0.39, 0.29) is 12.1 Å². The van der Waals surface area contributed by atoms with Crippen LogP contribution in [-0.2, 0) is 0 Å². The second-order valence-corrected chi connectivity index (χ2v) is 8.95. The van der Waals surface area contributed by atoms with Gasteiger partial charge in [-0.1, -0.05) is 29.0 Å². The lowest BCUT2D eigenvalue weighted by Crippen LogP contribution is -2.40. The molecule has 2 N–H and O–H groups in total. The third-order valence-corrected chi connectivity index (χ3v) is 5.74. The van der Waals surface area contributed by atoms with E-state index in [9.17, 15) is 4.79 Å². The molecule has 2 aliphatic rings. The summed E-state index contributed by atoms with van der Waals surface area (Å²) in [5.41, 5.74) is 0. The molecule has 4 rings (SSSR count). The van der Waals surface area contributed by atoms with Crippen LogP contribution in [0.5, 0.6) is 16.7 Å². The summed E-state index contributed by atoms with van der Waals surface area (Å²) in [6.07, 6.45) is 10.2. The molecule has 29 heavy (non-hydrogen) atoms. The third-order valence-electron chi connectivity index (χ3n) is 4.61. The number of nitrogens with zero attached hydrogens (tertiary/aromatic N) is 1. The van der Waals surface area contributed by atoms with Gasteiger partial charge in [0.15, 0.2) is 0 Å². The van der Waals surface area contributed by atoms with Crippen molar-refractivity contribution in [3.05, 3.63) is 40.4 Å². The molecule has 2 fully saturated rings. The predicted molar refractivity (Wildman–Crippen MR) is 115 cm³/mol. The molecule has 0 saturated heterocycles. The summed E-state index contributed by atoms with van der Waals surface area (Å²) in [4.78, 5) is 17.0. The van der Waals surface area contributed by atoms with Crippen LogP contribution in [0.1, 0.15) is 37.5 Å². The Morgan fingerprint density at radius 2 is 2.21 bits per heavy atom. The second kappa shape index (κ2) is 9.05. The highest BCUT2D eigenvalue weighted by Gasteiger charge is 2.23. The smallest absolute Gasteiger partial charge is 0.315 e. The van der Waals surface area contributed by atoms with Crippen molar-refractivity contribution >= 4 is 35.0 Å². The zero-order valence-corrected chi connectivity index (χ0v) is 17.8. The summed E-state index contributed by atoms with van der Waals surface area (Å²) in [7, 11) is 0. The molecular weight excluding hydrogens is 410 g/mol. The zero-order chi connectivity index (χ0) is 20.2. The van der Waals surface area contributed by atoms with Crippen LogP contribution in [0.4, 0.5) is 4.79 Å². The monoisotopic (exact) mass is 433 g/mol. The topological polar surface area (TPSA) is 72.5 Å². The van der Waals surface area contributed by atoms with E-state index in [1.165, 1.54) is 24.2 Å². The van der Waals surface area contributed by atoms with E-state index in [0.29, 0.717) is 27.9 Å². The van der Waals surface area contributed by atoms with Crippen LogP contribution in [0, 0.1) is 5.92 Å². The molecule has 6 nitrogen and oxygen atoms in total. The lowest BCUT2D eigenvalue weighted by Gasteiger charge is -2.10. The van der Waals surface area contributed by atoms with E-state index in [1.54, 1.807) is 18.3 Å². The van der Waals surface area contributed by atoms with E-state index in [1.807, 2.05) is 25.1 Å². The standard InChI is InChI=1S/C21H24ClN3O3S/c1-13(24-20(26)25-15-5-6-15)2-8-17-11-23-21(29-17)28-19-9-7-16(10-18(19)22)27-12-14-3-4-14/h2,7-11,13-15H,3-6,12H2,1H3,(H2,24,25,26)/b8-2+/t13-/m0/s1. The molecule has 1 aromatic heterocycles. The van der Waals surface area contributed by atoms with Gasteiger partial charge in [-0.3, -0.25) is 0 Å². The van der Waals surface area contributed by atoms with Gasteiger partial charge in [-0.25, -0.2) is 9.78 Å². The maximum atomic E-state index is 11.7. The first-order valence-corrected chi connectivity index (χ1v) is 11.1. The van der Waals surface area contributed by atoms with Gasteiger partial charge in [0.05, 0.1) is 16.5 Å². The van der Waals surface area contributed by atoms with Crippen LogP contribution in [0.25, 0.3) is 6.08 Å². The van der Waals surface area contributed by atoms with Crippen LogP contribution in [0.2, 0.25) is 5.02 Å². The van der Waals surface area contributed by atoms with Gasteiger partial charge >= 0.3 is 6.03 Å². The van der Waals surface area contributed by atoms with Gasteiger partial charge in [0.1, 0.15) is 11.5 Å². The molecule has 0 aliphatic heterocycles. The summed E-state index contributed by atoms with van der Waals surface area (Å²) in [6.45, 7) is 2.67.